The Morgan fingerprint density at radius 1 is 1.14 bits per heavy atom. The van der Waals surface area contributed by atoms with Crippen molar-refractivity contribution in [1.29, 1.82) is 0 Å². The Hall–Kier alpha value is -1.37. The molecule has 0 aliphatic rings. The number of hydrogen-bond donors (Lipinski definition) is 2. The van der Waals surface area contributed by atoms with Gasteiger partial charge in [0.05, 0.1) is 8.95 Å². The summed E-state index contributed by atoms with van der Waals surface area (Å²) >= 11 is 6.91. The van der Waals surface area contributed by atoms with E-state index in [0.29, 0.717) is 12.4 Å². The molecule has 3 N–H and O–H groups in total. The summed E-state index contributed by atoms with van der Waals surface area (Å²) in [5, 5.41) is 8.87. The summed E-state index contributed by atoms with van der Waals surface area (Å²) in [5.41, 5.74) is 7.45. The molecule has 4 nitrogen and oxygen atoms in total. The molecular formula is C16H15Br2NO3. The highest BCUT2D eigenvalue weighted by Gasteiger charge is 2.15. The van der Waals surface area contributed by atoms with Gasteiger partial charge in [0.25, 0.3) is 0 Å². The Labute approximate surface area is 145 Å². The molecule has 0 bridgehead atoms. The fourth-order valence-corrected chi connectivity index (χ4v) is 3.45. The standard InChI is InChI=1S/C16H15Br2NO3/c17-12-6-11(8-14(19)16(20)21)7-13(18)15(12)22-9-10-4-2-1-3-5-10/h1-7,14H,8-9,19H2,(H,20,21)/t14-/m0/s1. The van der Waals surface area contributed by atoms with Gasteiger partial charge in [0, 0.05) is 0 Å². The van der Waals surface area contributed by atoms with E-state index in [-0.39, 0.29) is 6.42 Å². The van der Waals surface area contributed by atoms with Gasteiger partial charge in [0.2, 0.25) is 0 Å². The van der Waals surface area contributed by atoms with Crippen molar-refractivity contribution in [2.45, 2.75) is 19.1 Å². The van der Waals surface area contributed by atoms with Crippen LogP contribution in [0.15, 0.2) is 51.4 Å². The van der Waals surface area contributed by atoms with Gasteiger partial charge in [0.1, 0.15) is 18.4 Å². The highest BCUT2D eigenvalue weighted by Crippen LogP contribution is 2.35. The molecule has 0 aliphatic heterocycles. The monoisotopic (exact) mass is 427 g/mol. The lowest BCUT2D eigenvalue weighted by atomic mass is 10.1. The van der Waals surface area contributed by atoms with E-state index in [1.807, 2.05) is 42.5 Å². The van der Waals surface area contributed by atoms with Gasteiger partial charge in [-0.25, -0.2) is 0 Å². The molecule has 0 saturated carbocycles. The molecule has 116 valence electrons. The van der Waals surface area contributed by atoms with E-state index < -0.39 is 12.0 Å². The van der Waals surface area contributed by atoms with E-state index in [9.17, 15) is 4.79 Å². The second-order valence-corrected chi connectivity index (χ2v) is 6.52. The van der Waals surface area contributed by atoms with Crippen LogP contribution >= 0.6 is 31.9 Å². The molecule has 0 heterocycles. The molecule has 2 aromatic carbocycles. The second kappa shape index (κ2) is 7.76. The summed E-state index contributed by atoms with van der Waals surface area (Å²) in [5.74, 6) is -0.340. The van der Waals surface area contributed by atoms with E-state index in [1.54, 1.807) is 0 Å². The number of hydrogen-bond acceptors (Lipinski definition) is 3. The Bertz CT molecular complexity index is 639. The Morgan fingerprint density at radius 2 is 1.73 bits per heavy atom. The Kier molecular flexibility index (Phi) is 5.99. The van der Waals surface area contributed by atoms with E-state index in [0.717, 1.165) is 20.1 Å². The molecule has 6 heteroatoms. The van der Waals surface area contributed by atoms with E-state index in [4.69, 9.17) is 15.6 Å². The van der Waals surface area contributed by atoms with E-state index in [2.05, 4.69) is 31.9 Å². The van der Waals surface area contributed by atoms with E-state index in [1.165, 1.54) is 0 Å². The van der Waals surface area contributed by atoms with Crippen molar-refractivity contribution < 1.29 is 14.6 Å². The molecular weight excluding hydrogens is 414 g/mol. The van der Waals surface area contributed by atoms with Gasteiger partial charge in [0.15, 0.2) is 0 Å². The summed E-state index contributed by atoms with van der Waals surface area (Å²) < 4.78 is 7.33. The summed E-state index contributed by atoms with van der Waals surface area (Å²) in [4.78, 5) is 10.8. The minimum Gasteiger partial charge on any atom is -0.487 e. The average Bonchev–Trinajstić information content (AvgIpc) is 2.47. The number of ether oxygens (including phenoxy) is 1. The third kappa shape index (κ3) is 4.56. The number of carboxylic acids is 1. The largest absolute Gasteiger partial charge is 0.487 e. The zero-order valence-corrected chi connectivity index (χ0v) is 14.8. The molecule has 0 fully saturated rings. The fourth-order valence-electron chi connectivity index (χ4n) is 1.94. The first-order chi connectivity index (χ1) is 10.5. The van der Waals surface area contributed by atoms with Crippen molar-refractivity contribution in [2.24, 2.45) is 5.73 Å². The number of halogens is 2. The molecule has 0 amide bonds. The summed E-state index contributed by atoms with van der Waals surface area (Å²) in [6.45, 7) is 0.450. The maximum absolute atomic E-state index is 10.8. The lowest BCUT2D eigenvalue weighted by Gasteiger charge is -2.13. The molecule has 2 aromatic rings. The van der Waals surface area contributed by atoms with Crippen molar-refractivity contribution in [3.05, 3.63) is 62.5 Å². The molecule has 0 spiro atoms. The molecule has 1 atom stereocenters. The van der Waals surface area contributed by atoms with Crippen molar-refractivity contribution in [2.75, 3.05) is 0 Å². The quantitative estimate of drug-likeness (QED) is 0.734. The minimum absolute atomic E-state index is 0.255. The van der Waals surface area contributed by atoms with Crippen LogP contribution < -0.4 is 10.5 Å². The summed E-state index contributed by atoms with van der Waals surface area (Å²) in [7, 11) is 0. The molecule has 0 aliphatic carbocycles. The normalized spacial score (nSPS) is 12.0. The summed E-state index contributed by atoms with van der Waals surface area (Å²) in [6, 6.07) is 12.6. The number of carboxylic acid groups (broad SMARTS) is 1. The van der Waals surface area contributed by atoms with Crippen molar-refractivity contribution in [1.82, 2.24) is 0 Å². The maximum Gasteiger partial charge on any atom is 0.320 e. The smallest absolute Gasteiger partial charge is 0.320 e. The van der Waals surface area contributed by atoms with Crippen molar-refractivity contribution in [3.8, 4) is 5.75 Å². The van der Waals surface area contributed by atoms with Gasteiger partial charge >= 0.3 is 5.97 Å². The molecule has 0 aromatic heterocycles. The first-order valence-electron chi connectivity index (χ1n) is 6.60. The van der Waals surface area contributed by atoms with Gasteiger partial charge in [-0.05, 0) is 61.5 Å². The van der Waals surface area contributed by atoms with Gasteiger partial charge in [-0.2, -0.15) is 0 Å². The zero-order chi connectivity index (χ0) is 16.1. The Balaban J connectivity index is 2.11. The zero-order valence-electron chi connectivity index (χ0n) is 11.6. The number of nitrogens with two attached hydrogens (primary N) is 1. The predicted molar refractivity (Wildman–Crippen MR) is 91.9 cm³/mol. The van der Waals surface area contributed by atoms with Crippen molar-refractivity contribution >= 4 is 37.8 Å². The fraction of sp³-hybridized carbons (Fsp3) is 0.188. The topological polar surface area (TPSA) is 72.5 Å². The number of carbonyl (C=O) groups is 1. The Morgan fingerprint density at radius 3 is 2.27 bits per heavy atom. The number of rotatable bonds is 6. The minimum atomic E-state index is -1.02. The van der Waals surface area contributed by atoms with Crippen LogP contribution in [-0.2, 0) is 17.8 Å². The van der Waals surface area contributed by atoms with E-state index >= 15 is 0 Å². The van der Waals surface area contributed by atoms with Crippen LogP contribution in [0.1, 0.15) is 11.1 Å². The average molecular weight is 429 g/mol. The highest BCUT2D eigenvalue weighted by atomic mass is 79.9. The van der Waals surface area contributed by atoms with Crippen LogP contribution in [0, 0.1) is 0 Å². The maximum atomic E-state index is 10.8. The number of aliphatic carboxylic acids is 1. The second-order valence-electron chi connectivity index (χ2n) is 4.81. The first-order valence-corrected chi connectivity index (χ1v) is 8.19. The summed E-state index contributed by atoms with van der Waals surface area (Å²) in [6.07, 6.45) is 0.255. The van der Waals surface area contributed by atoms with Gasteiger partial charge in [-0.1, -0.05) is 30.3 Å². The van der Waals surface area contributed by atoms with Crippen LogP contribution in [0.4, 0.5) is 0 Å². The van der Waals surface area contributed by atoms with Gasteiger partial charge < -0.3 is 15.6 Å². The molecule has 0 radical (unpaired) electrons. The van der Waals surface area contributed by atoms with Crippen LogP contribution in [-0.4, -0.2) is 17.1 Å². The molecule has 22 heavy (non-hydrogen) atoms. The molecule has 0 saturated heterocycles. The van der Waals surface area contributed by atoms with Crippen LogP contribution in [0.2, 0.25) is 0 Å². The van der Waals surface area contributed by atoms with Crippen LogP contribution in [0.3, 0.4) is 0 Å². The lowest BCUT2D eigenvalue weighted by molar-refractivity contribution is -0.138. The lowest BCUT2D eigenvalue weighted by Crippen LogP contribution is -2.32. The number of benzene rings is 2. The third-order valence-electron chi connectivity index (χ3n) is 3.06. The predicted octanol–water partition coefficient (Wildman–Crippen LogP) is 3.75. The SMILES string of the molecule is N[C@@H](Cc1cc(Br)c(OCc2ccccc2)c(Br)c1)C(=O)O. The highest BCUT2D eigenvalue weighted by molar-refractivity contribution is 9.11. The van der Waals surface area contributed by atoms with Gasteiger partial charge in [-0.15, -0.1) is 0 Å². The molecule has 2 rings (SSSR count). The van der Waals surface area contributed by atoms with Crippen molar-refractivity contribution in [3.63, 3.8) is 0 Å². The van der Waals surface area contributed by atoms with Crippen LogP contribution in [0.25, 0.3) is 0 Å². The molecule has 0 unspecified atom stereocenters. The van der Waals surface area contributed by atoms with Gasteiger partial charge in [-0.3, -0.25) is 4.79 Å². The first kappa shape index (κ1) is 17.0. The van der Waals surface area contributed by atoms with Crippen LogP contribution in [0.5, 0.6) is 5.75 Å². The third-order valence-corrected chi connectivity index (χ3v) is 4.23.